The molecule has 0 radical (unpaired) electrons. The van der Waals surface area contributed by atoms with Crippen LogP contribution in [0.1, 0.15) is 45.1 Å². The number of aryl methyl sites for hydroxylation is 1. The molecule has 110 valence electrons. The Labute approximate surface area is 122 Å². The van der Waals surface area contributed by atoms with E-state index in [-0.39, 0.29) is 11.9 Å². The van der Waals surface area contributed by atoms with Crippen molar-refractivity contribution in [3.63, 3.8) is 0 Å². The number of amides is 1. The first-order valence-corrected chi connectivity index (χ1v) is 7.79. The molecule has 0 aromatic heterocycles. The molecular formula is C17H27N2O+. The molecule has 3 atom stereocenters. The highest BCUT2D eigenvalue weighted by Crippen LogP contribution is 2.21. The maximum atomic E-state index is 12.2. The van der Waals surface area contributed by atoms with Gasteiger partial charge in [0.2, 0.25) is 0 Å². The number of nitrogens with one attached hydrogen (secondary N) is 1. The minimum absolute atomic E-state index is 0.0261. The molecule has 0 aliphatic heterocycles. The molecule has 1 aromatic rings. The molecule has 1 saturated carbocycles. The zero-order valence-corrected chi connectivity index (χ0v) is 12.9. The van der Waals surface area contributed by atoms with E-state index in [4.69, 9.17) is 0 Å². The summed E-state index contributed by atoms with van der Waals surface area (Å²) in [4.78, 5) is 12.2. The lowest BCUT2D eigenvalue weighted by atomic mass is 9.85. The molecule has 1 amide bonds. The third kappa shape index (κ3) is 4.07. The molecule has 1 aliphatic carbocycles. The minimum Gasteiger partial charge on any atom is -0.334 e. The fourth-order valence-corrected chi connectivity index (χ4v) is 2.98. The van der Waals surface area contributed by atoms with Crippen molar-refractivity contribution in [2.75, 3.05) is 5.32 Å². The van der Waals surface area contributed by atoms with E-state index in [9.17, 15) is 4.79 Å². The van der Waals surface area contributed by atoms with Crippen molar-refractivity contribution in [2.45, 2.75) is 58.5 Å². The zero-order valence-electron chi connectivity index (χ0n) is 12.9. The first-order valence-electron chi connectivity index (χ1n) is 7.79. The van der Waals surface area contributed by atoms with Crippen LogP contribution in [0.4, 0.5) is 5.69 Å². The van der Waals surface area contributed by atoms with Crippen LogP contribution in [-0.4, -0.2) is 18.0 Å². The third-order valence-electron chi connectivity index (χ3n) is 4.45. The number of nitrogens with two attached hydrogens (primary N) is 1. The van der Waals surface area contributed by atoms with Gasteiger partial charge in [-0.05, 0) is 45.2 Å². The monoisotopic (exact) mass is 275 g/mol. The number of anilines is 1. The van der Waals surface area contributed by atoms with Crippen molar-refractivity contribution in [3.8, 4) is 0 Å². The Balaban J connectivity index is 1.86. The largest absolute Gasteiger partial charge is 0.334 e. The molecule has 1 aromatic carbocycles. The van der Waals surface area contributed by atoms with Gasteiger partial charge in [0.15, 0.2) is 6.04 Å². The number of quaternary nitrogens is 1. The standard InChI is InChI=1S/C17H26N2O/c1-12-8-10-15(11-9-12)19-17(20)14(3)18-16-7-5-4-6-13(16)2/h8-11,13-14,16,18H,4-7H2,1-3H3,(H,19,20)/p+1/t13-,14+,16-/m0/s1. The van der Waals surface area contributed by atoms with Gasteiger partial charge in [-0.15, -0.1) is 0 Å². The van der Waals surface area contributed by atoms with E-state index < -0.39 is 0 Å². The van der Waals surface area contributed by atoms with Crippen molar-refractivity contribution in [3.05, 3.63) is 29.8 Å². The maximum Gasteiger partial charge on any atom is 0.282 e. The summed E-state index contributed by atoms with van der Waals surface area (Å²) in [5.41, 5.74) is 2.09. The second-order valence-electron chi connectivity index (χ2n) is 6.26. The number of rotatable bonds is 4. The van der Waals surface area contributed by atoms with Gasteiger partial charge < -0.3 is 10.6 Å². The Hall–Kier alpha value is -1.35. The van der Waals surface area contributed by atoms with E-state index in [0.717, 1.165) is 11.6 Å². The fraction of sp³-hybridized carbons (Fsp3) is 0.588. The minimum atomic E-state index is -0.0261. The van der Waals surface area contributed by atoms with Crippen LogP contribution in [0.25, 0.3) is 0 Å². The highest BCUT2D eigenvalue weighted by Gasteiger charge is 2.28. The first-order chi connectivity index (χ1) is 9.56. The summed E-state index contributed by atoms with van der Waals surface area (Å²) < 4.78 is 0. The average Bonchev–Trinajstić information content (AvgIpc) is 2.44. The van der Waals surface area contributed by atoms with Crippen molar-refractivity contribution in [1.29, 1.82) is 0 Å². The third-order valence-corrected chi connectivity index (χ3v) is 4.45. The second kappa shape index (κ2) is 6.89. The molecule has 1 aliphatic rings. The molecule has 3 nitrogen and oxygen atoms in total. The van der Waals surface area contributed by atoms with E-state index in [1.54, 1.807) is 0 Å². The molecule has 1 fully saturated rings. The Morgan fingerprint density at radius 3 is 2.55 bits per heavy atom. The van der Waals surface area contributed by atoms with Gasteiger partial charge in [0.05, 0.1) is 6.04 Å². The summed E-state index contributed by atoms with van der Waals surface area (Å²) >= 11 is 0. The lowest BCUT2D eigenvalue weighted by Crippen LogP contribution is -2.97. The smallest absolute Gasteiger partial charge is 0.282 e. The van der Waals surface area contributed by atoms with Gasteiger partial charge in [0.25, 0.3) is 5.91 Å². The number of benzene rings is 1. The van der Waals surface area contributed by atoms with E-state index in [1.807, 2.05) is 38.1 Å². The van der Waals surface area contributed by atoms with Gasteiger partial charge in [0.1, 0.15) is 0 Å². The van der Waals surface area contributed by atoms with Gasteiger partial charge in [-0.25, -0.2) is 0 Å². The lowest BCUT2D eigenvalue weighted by Gasteiger charge is -2.28. The topological polar surface area (TPSA) is 45.7 Å². The normalized spacial score (nSPS) is 24.1. The number of carbonyl (C=O) groups is 1. The van der Waals surface area contributed by atoms with Crippen LogP contribution < -0.4 is 10.6 Å². The maximum absolute atomic E-state index is 12.2. The van der Waals surface area contributed by atoms with E-state index in [2.05, 4.69) is 17.6 Å². The van der Waals surface area contributed by atoms with Crippen LogP contribution in [-0.2, 0) is 4.79 Å². The summed E-state index contributed by atoms with van der Waals surface area (Å²) in [6.45, 7) is 6.36. The molecule has 0 unspecified atom stereocenters. The van der Waals surface area contributed by atoms with Crippen LogP contribution in [0.2, 0.25) is 0 Å². The van der Waals surface area contributed by atoms with Crippen LogP contribution in [0, 0.1) is 12.8 Å². The van der Waals surface area contributed by atoms with Gasteiger partial charge in [-0.3, -0.25) is 4.79 Å². The lowest BCUT2D eigenvalue weighted by molar-refractivity contribution is -0.714. The van der Waals surface area contributed by atoms with E-state index in [0.29, 0.717) is 6.04 Å². The van der Waals surface area contributed by atoms with E-state index >= 15 is 0 Å². The fourth-order valence-electron chi connectivity index (χ4n) is 2.98. The molecule has 0 spiro atoms. The quantitative estimate of drug-likeness (QED) is 0.871. The summed E-state index contributed by atoms with van der Waals surface area (Å²) in [6.07, 6.45) is 5.18. The second-order valence-corrected chi connectivity index (χ2v) is 6.26. The Morgan fingerprint density at radius 2 is 1.90 bits per heavy atom. The van der Waals surface area contributed by atoms with Crippen LogP contribution in [0.3, 0.4) is 0 Å². The molecule has 3 N–H and O–H groups in total. The van der Waals surface area contributed by atoms with Gasteiger partial charge in [-0.2, -0.15) is 0 Å². The van der Waals surface area contributed by atoms with Gasteiger partial charge in [0, 0.05) is 11.6 Å². The van der Waals surface area contributed by atoms with Gasteiger partial charge >= 0.3 is 0 Å². The Bertz CT molecular complexity index is 441. The van der Waals surface area contributed by atoms with Gasteiger partial charge in [-0.1, -0.05) is 31.0 Å². The van der Waals surface area contributed by atoms with Crippen molar-refractivity contribution >= 4 is 11.6 Å². The molecule has 0 heterocycles. The molecule has 3 heteroatoms. The average molecular weight is 275 g/mol. The van der Waals surface area contributed by atoms with Crippen LogP contribution in [0.5, 0.6) is 0 Å². The number of hydrogen-bond acceptors (Lipinski definition) is 1. The number of carbonyl (C=O) groups excluding carboxylic acids is 1. The zero-order chi connectivity index (χ0) is 14.5. The van der Waals surface area contributed by atoms with Crippen LogP contribution in [0.15, 0.2) is 24.3 Å². The Kier molecular flexibility index (Phi) is 5.18. The highest BCUT2D eigenvalue weighted by molar-refractivity contribution is 5.93. The summed E-state index contributed by atoms with van der Waals surface area (Å²) in [6, 6.07) is 8.54. The summed E-state index contributed by atoms with van der Waals surface area (Å²) in [5, 5.41) is 5.26. The molecular weight excluding hydrogens is 248 g/mol. The molecule has 20 heavy (non-hydrogen) atoms. The molecule has 2 rings (SSSR count). The predicted octanol–water partition coefficient (Wildman–Crippen LogP) is 2.46. The summed E-state index contributed by atoms with van der Waals surface area (Å²) in [7, 11) is 0. The Morgan fingerprint density at radius 1 is 1.25 bits per heavy atom. The number of hydrogen-bond donors (Lipinski definition) is 2. The van der Waals surface area contributed by atoms with Crippen molar-refractivity contribution in [1.82, 2.24) is 0 Å². The molecule has 0 bridgehead atoms. The predicted molar refractivity (Wildman–Crippen MR) is 82.6 cm³/mol. The summed E-state index contributed by atoms with van der Waals surface area (Å²) in [5.74, 6) is 0.824. The van der Waals surface area contributed by atoms with E-state index in [1.165, 1.54) is 31.2 Å². The van der Waals surface area contributed by atoms with Crippen molar-refractivity contribution in [2.24, 2.45) is 5.92 Å². The van der Waals surface area contributed by atoms with Crippen molar-refractivity contribution < 1.29 is 10.1 Å². The molecule has 0 saturated heterocycles. The van der Waals surface area contributed by atoms with Crippen LogP contribution >= 0.6 is 0 Å². The first kappa shape index (κ1) is 15.0. The highest BCUT2D eigenvalue weighted by atomic mass is 16.2. The SMILES string of the molecule is Cc1ccc(NC(=O)[C@@H](C)[NH2+][C@H]2CCCC[C@@H]2C)cc1.